The molecule has 3 N–H and O–H groups in total. The zero-order valence-electron chi connectivity index (χ0n) is 12.2. The minimum Gasteiger partial charge on any atom is -0.481 e. The molecule has 20 heavy (non-hydrogen) atoms. The Balaban J connectivity index is 3.09. The minimum atomic E-state index is -0.898. The van der Waals surface area contributed by atoms with E-state index in [4.69, 9.17) is 10.8 Å². The summed E-state index contributed by atoms with van der Waals surface area (Å²) in [4.78, 5) is 26.4. The van der Waals surface area contributed by atoms with Crippen molar-refractivity contribution in [3.05, 3.63) is 11.9 Å². The van der Waals surface area contributed by atoms with Crippen molar-refractivity contribution in [2.75, 3.05) is 5.75 Å². The van der Waals surface area contributed by atoms with E-state index in [1.807, 2.05) is 18.4 Å². The highest BCUT2D eigenvalue weighted by molar-refractivity contribution is 7.99. The maximum atomic E-state index is 11.5. The van der Waals surface area contributed by atoms with Crippen LogP contribution in [-0.4, -0.2) is 32.3 Å². The van der Waals surface area contributed by atoms with Gasteiger partial charge in [0.1, 0.15) is 0 Å². The topological polar surface area (TPSA) is 98.2 Å². The molecule has 6 nitrogen and oxygen atoms in total. The van der Waals surface area contributed by atoms with E-state index in [0.29, 0.717) is 11.7 Å². The standard InChI is InChI=1S/C13H21N3O3S/c1-8(2)9-5-15-12(20-6-10(17)18)16(9)7-13(3,4)11(14)19/h5,8H,6-7H2,1-4H3,(H2,14,19)(H,17,18). The summed E-state index contributed by atoms with van der Waals surface area (Å²) in [5.41, 5.74) is 5.66. The van der Waals surface area contributed by atoms with Gasteiger partial charge in [0.05, 0.1) is 11.2 Å². The minimum absolute atomic E-state index is 0.0639. The molecule has 0 aromatic carbocycles. The molecule has 112 valence electrons. The van der Waals surface area contributed by atoms with Crippen LogP contribution in [0.3, 0.4) is 0 Å². The molecule has 7 heteroatoms. The largest absolute Gasteiger partial charge is 0.481 e. The number of nitrogens with zero attached hydrogens (tertiary/aromatic N) is 2. The molecule has 1 aromatic rings. The zero-order chi connectivity index (χ0) is 15.5. The van der Waals surface area contributed by atoms with Gasteiger partial charge in [-0.25, -0.2) is 4.98 Å². The van der Waals surface area contributed by atoms with Gasteiger partial charge in [0.25, 0.3) is 0 Å². The first kappa shape index (κ1) is 16.6. The normalized spacial score (nSPS) is 11.8. The highest BCUT2D eigenvalue weighted by Crippen LogP contribution is 2.28. The fourth-order valence-electron chi connectivity index (χ4n) is 1.71. The van der Waals surface area contributed by atoms with Gasteiger partial charge in [-0.05, 0) is 19.8 Å². The van der Waals surface area contributed by atoms with Gasteiger partial charge in [0.15, 0.2) is 5.16 Å². The summed E-state index contributed by atoms with van der Waals surface area (Å²) in [6, 6.07) is 0. The van der Waals surface area contributed by atoms with Gasteiger partial charge in [0, 0.05) is 18.4 Å². The molecule has 1 amide bonds. The number of hydrogen-bond donors (Lipinski definition) is 2. The summed E-state index contributed by atoms with van der Waals surface area (Å²) < 4.78 is 1.89. The molecule has 1 rings (SSSR count). The molecule has 0 aliphatic carbocycles. The highest BCUT2D eigenvalue weighted by Gasteiger charge is 2.28. The lowest BCUT2D eigenvalue weighted by Gasteiger charge is -2.24. The number of amides is 1. The van der Waals surface area contributed by atoms with Crippen molar-refractivity contribution < 1.29 is 14.7 Å². The number of nitrogens with two attached hydrogens (primary N) is 1. The van der Waals surface area contributed by atoms with E-state index in [1.165, 1.54) is 0 Å². The summed E-state index contributed by atoms with van der Waals surface area (Å²) in [6.45, 7) is 7.97. The quantitative estimate of drug-likeness (QED) is 0.747. The van der Waals surface area contributed by atoms with Crippen molar-refractivity contribution in [1.82, 2.24) is 9.55 Å². The molecule has 0 radical (unpaired) electrons. The van der Waals surface area contributed by atoms with Gasteiger partial charge in [-0.3, -0.25) is 9.59 Å². The van der Waals surface area contributed by atoms with E-state index in [0.717, 1.165) is 17.5 Å². The average Bonchev–Trinajstić information content (AvgIpc) is 2.68. The number of imidazole rings is 1. The highest BCUT2D eigenvalue weighted by atomic mass is 32.2. The van der Waals surface area contributed by atoms with Crippen molar-refractivity contribution in [2.45, 2.75) is 45.3 Å². The second kappa shape index (κ2) is 6.30. The van der Waals surface area contributed by atoms with Crippen LogP contribution in [0.1, 0.15) is 39.3 Å². The van der Waals surface area contributed by atoms with Crippen molar-refractivity contribution >= 4 is 23.6 Å². The molecule has 1 aromatic heterocycles. The van der Waals surface area contributed by atoms with Gasteiger partial charge in [-0.1, -0.05) is 25.6 Å². The molecular weight excluding hydrogens is 278 g/mol. The number of carbonyl (C=O) groups is 2. The van der Waals surface area contributed by atoms with Crippen LogP contribution in [0, 0.1) is 5.41 Å². The summed E-state index contributed by atoms with van der Waals surface area (Å²) in [5.74, 6) is -1.13. The lowest BCUT2D eigenvalue weighted by molar-refractivity contribution is -0.134. The van der Waals surface area contributed by atoms with Crippen LogP contribution in [0.2, 0.25) is 0 Å². The fourth-order valence-corrected chi connectivity index (χ4v) is 2.41. The summed E-state index contributed by atoms with van der Waals surface area (Å²) in [5, 5.41) is 9.37. The van der Waals surface area contributed by atoms with Crippen LogP contribution >= 0.6 is 11.8 Å². The van der Waals surface area contributed by atoms with Crippen molar-refractivity contribution in [1.29, 1.82) is 0 Å². The van der Waals surface area contributed by atoms with E-state index in [2.05, 4.69) is 4.98 Å². The number of hydrogen-bond acceptors (Lipinski definition) is 4. The van der Waals surface area contributed by atoms with E-state index in [-0.39, 0.29) is 11.7 Å². The predicted octanol–water partition coefficient (Wildman–Crippen LogP) is 1.69. The molecule has 0 fully saturated rings. The Hall–Kier alpha value is -1.50. The van der Waals surface area contributed by atoms with Crippen molar-refractivity contribution in [2.24, 2.45) is 11.1 Å². The van der Waals surface area contributed by atoms with Crippen molar-refractivity contribution in [3.8, 4) is 0 Å². The second-order valence-corrected chi connectivity index (χ2v) is 6.58. The van der Waals surface area contributed by atoms with Crippen LogP contribution in [0.4, 0.5) is 0 Å². The van der Waals surface area contributed by atoms with E-state index in [9.17, 15) is 9.59 Å². The van der Waals surface area contributed by atoms with Gasteiger partial charge in [-0.15, -0.1) is 0 Å². The number of aromatic nitrogens is 2. The Labute approximate surface area is 122 Å². The third-order valence-corrected chi connectivity index (χ3v) is 3.96. The number of carboxylic acid groups (broad SMARTS) is 1. The van der Waals surface area contributed by atoms with Crippen LogP contribution in [0.25, 0.3) is 0 Å². The Morgan fingerprint density at radius 3 is 2.55 bits per heavy atom. The summed E-state index contributed by atoms with van der Waals surface area (Å²) in [6.07, 6.45) is 1.73. The molecule has 0 atom stereocenters. The third kappa shape index (κ3) is 4.00. The monoisotopic (exact) mass is 299 g/mol. The third-order valence-electron chi connectivity index (χ3n) is 2.99. The number of thioether (sulfide) groups is 1. The van der Waals surface area contributed by atoms with E-state index in [1.54, 1.807) is 20.0 Å². The molecular formula is C13H21N3O3S. The lowest BCUT2D eigenvalue weighted by atomic mass is 9.92. The van der Waals surface area contributed by atoms with Gasteiger partial charge < -0.3 is 15.4 Å². The van der Waals surface area contributed by atoms with Crippen LogP contribution in [-0.2, 0) is 16.1 Å². The SMILES string of the molecule is CC(C)c1cnc(SCC(=O)O)n1CC(C)(C)C(N)=O. The number of rotatable bonds is 7. The van der Waals surface area contributed by atoms with Crippen LogP contribution in [0.5, 0.6) is 0 Å². The fraction of sp³-hybridized carbons (Fsp3) is 0.615. The number of aliphatic carboxylic acids is 1. The maximum Gasteiger partial charge on any atom is 0.313 e. The predicted molar refractivity (Wildman–Crippen MR) is 77.7 cm³/mol. The number of carbonyl (C=O) groups excluding carboxylic acids is 1. The number of carboxylic acids is 1. The first-order valence-corrected chi connectivity index (χ1v) is 7.33. The van der Waals surface area contributed by atoms with Gasteiger partial charge in [0.2, 0.25) is 5.91 Å². The molecule has 0 saturated carbocycles. The molecule has 0 spiro atoms. The second-order valence-electron chi connectivity index (χ2n) is 5.64. The lowest BCUT2D eigenvalue weighted by Crippen LogP contribution is -2.36. The first-order valence-electron chi connectivity index (χ1n) is 6.35. The Morgan fingerprint density at radius 2 is 2.10 bits per heavy atom. The molecule has 0 saturated heterocycles. The Bertz CT molecular complexity index is 509. The van der Waals surface area contributed by atoms with Gasteiger partial charge >= 0.3 is 5.97 Å². The average molecular weight is 299 g/mol. The molecule has 0 aliphatic heterocycles. The number of primary amides is 1. The first-order chi connectivity index (χ1) is 9.15. The Morgan fingerprint density at radius 1 is 1.50 bits per heavy atom. The maximum absolute atomic E-state index is 11.5. The molecule has 0 bridgehead atoms. The van der Waals surface area contributed by atoms with Gasteiger partial charge in [-0.2, -0.15) is 0 Å². The van der Waals surface area contributed by atoms with Crippen LogP contribution in [0.15, 0.2) is 11.4 Å². The van der Waals surface area contributed by atoms with Crippen molar-refractivity contribution in [3.63, 3.8) is 0 Å². The summed E-state index contributed by atoms with van der Waals surface area (Å²) in [7, 11) is 0. The van der Waals surface area contributed by atoms with Crippen LogP contribution < -0.4 is 5.73 Å². The van der Waals surface area contributed by atoms with E-state index >= 15 is 0 Å². The molecule has 0 unspecified atom stereocenters. The summed E-state index contributed by atoms with van der Waals surface area (Å²) >= 11 is 1.15. The molecule has 0 aliphatic rings. The smallest absolute Gasteiger partial charge is 0.313 e. The molecule has 1 heterocycles. The Kier molecular flexibility index (Phi) is 5.21. The zero-order valence-corrected chi connectivity index (χ0v) is 13.0. The van der Waals surface area contributed by atoms with E-state index < -0.39 is 17.3 Å².